The molecular formula is C5H9N5. The second kappa shape index (κ2) is 4.32. The van der Waals surface area contributed by atoms with Crippen molar-refractivity contribution in [3.05, 3.63) is 0 Å². The highest BCUT2D eigenvalue weighted by Crippen LogP contribution is 1.70. The van der Waals surface area contributed by atoms with Crippen molar-refractivity contribution in [2.75, 3.05) is 14.1 Å². The van der Waals surface area contributed by atoms with Gasteiger partial charge in [0.25, 0.3) is 0 Å². The first kappa shape index (κ1) is 8.43. The van der Waals surface area contributed by atoms with Crippen molar-refractivity contribution in [1.82, 2.24) is 4.90 Å². The summed E-state index contributed by atoms with van der Waals surface area (Å²) in [6, 6.07) is 0. The van der Waals surface area contributed by atoms with Crippen LogP contribution < -0.4 is 5.73 Å². The third kappa shape index (κ3) is 4.59. The monoisotopic (exact) mass is 139 g/mol. The van der Waals surface area contributed by atoms with Crippen LogP contribution in [0.2, 0.25) is 0 Å². The molecule has 0 spiro atoms. The van der Waals surface area contributed by atoms with Crippen LogP contribution in [0, 0.1) is 11.5 Å². The Kier molecular flexibility index (Phi) is 3.64. The number of rotatable bonds is 1. The third-order valence-corrected chi connectivity index (χ3v) is 0.585. The molecule has 5 heteroatoms. The third-order valence-electron chi connectivity index (χ3n) is 0.585. The summed E-state index contributed by atoms with van der Waals surface area (Å²) in [5.41, 5.74) is 5.14. The van der Waals surface area contributed by atoms with Crippen molar-refractivity contribution in [3.63, 3.8) is 0 Å². The topological polar surface area (TPSA) is 77.8 Å². The van der Waals surface area contributed by atoms with Crippen molar-refractivity contribution in [2.24, 2.45) is 15.7 Å². The molecule has 0 rings (SSSR count). The minimum Gasteiger partial charge on any atom is -0.369 e. The van der Waals surface area contributed by atoms with E-state index >= 15 is 0 Å². The Balaban J connectivity index is 3.92. The van der Waals surface area contributed by atoms with Gasteiger partial charge in [0.2, 0.25) is 12.2 Å². The van der Waals surface area contributed by atoms with Gasteiger partial charge in [0.05, 0.1) is 6.34 Å². The number of hydrogen-bond acceptors (Lipinski definition) is 2. The minimum absolute atomic E-state index is 0.0313. The van der Waals surface area contributed by atoms with E-state index in [4.69, 9.17) is 11.0 Å². The van der Waals surface area contributed by atoms with Gasteiger partial charge in [-0.3, -0.25) is 0 Å². The van der Waals surface area contributed by atoms with E-state index in [1.54, 1.807) is 19.0 Å². The molecule has 0 atom stereocenters. The number of nitriles is 1. The maximum absolute atomic E-state index is 8.00. The Morgan fingerprint density at radius 1 is 1.70 bits per heavy atom. The minimum atomic E-state index is -0.0313. The predicted molar refractivity (Wildman–Crippen MR) is 39.4 cm³/mol. The lowest BCUT2D eigenvalue weighted by atomic mass is 10.9. The summed E-state index contributed by atoms with van der Waals surface area (Å²) in [5.74, 6) is -0.0313. The number of hydrogen-bond donors (Lipinski definition) is 1. The van der Waals surface area contributed by atoms with Gasteiger partial charge < -0.3 is 10.6 Å². The van der Waals surface area contributed by atoms with Gasteiger partial charge in [-0.1, -0.05) is 0 Å². The highest BCUT2D eigenvalue weighted by molar-refractivity contribution is 5.86. The first-order valence-electron chi connectivity index (χ1n) is 2.59. The van der Waals surface area contributed by atoms with Gasteiger partial charge in [0.15, 0.2) is 0 Å². The second-order valence-electron chi connectivity index (χ2n) is 1.78. The van der Waals surface area contributed by atoms with Gasteiger partial charge >= 0.3 is 0 Å². The van der Waals surface area contributed by atoms with Gasteiger partial charge in [0.1, 0.15) is 0 Å². The van der Waals surface area contributed by atoms with Crippen LogP contribution >= 0.6 is 0 Å². The molecule has 0 aromatic rings. The van der Waals surface area contributed by atoms with Gasteiger partial charge in [-0.2, -0.15) is 5.26 Å². The molecule has 0 saturated carbocycles. The largest absolute Gasteiger partial charge is 0.369 e. The number of nitrogens with two attached hydrogens (primary N) is 1. The molecule has 0 aromatic carbocycles. The molecule has 0 saturated heterocycles. The quantitative estimate of drug-likeness (QED) is 0.298. The molecule has 0 heterocycles. The fourth-order valence-electron chi connectivity index (χ4n) is 0.255. The van der Waals surface area contributed by atoms with Crippen LogP contribution in [0.4, 0.5) is 0 Å². The molecule has 0 aliphatic heterocycles. The van der Waals surface area contributed by atoms with Crippen molar-refractivity contribution in [1.29, 1.82) is 5.26 Å². The molecular weight excluding hydrogens is 130 g/mol. The molecule has 54 valence electrons. The lowest BCUT2D eigenvalue weighted by molar-refractivity contribution is 0.644. The molecule has 0 aliphatic rings. The van der Waals surface area contributed by atoms with E-state index in [2.05, 4.69) is 9.98 Å². The maximum Gasteiger partial charge on any atom is 0.232 e. The summed E-state index contributed by atoms with van der Waals surface area (Å²) in [7, 11) is 3.59. The van der Waals surface area contributed by atoms with Crippen LogP contribution in [0.3, 0.4) is 0 Å². The number of nitrogens with zero attached hydrogens (tertiary/aromatic N) is 4. The Morgan fingerprint density at radius 2 is 2.30 bits per heavy atom. The van der Waals surface area contributed by atoms with Crippen molar-refractivity contribution in [3.8, 4) is 6.19 Å². The normalized spacial score (nSPS) is 11.5. The second-order valence-corrected chi connectivity index (χ2v) is 1.78. The van der Waals surface area contributed by atoms with Crippen molar-refractivity contribution < 1.29 is 0 Å². The number of guanidine groups is 1. The first-order valence-corrected chi connectivity index (χ1v) is 2.59. The zero-order valence-corrected chi connectivity index (χ0v) is 5.94. The van der Waals surface area contributed by atoms with Crippen LogP contribution in [-0.4, -0.2) is 31.3 Å². The maximum atomic E-state index is 8.00. The lowest BCUT2D eigenvalue weighted by Crippen LogP contribution is -2.13. The highest BCUT2D eigenvalue weighted by Gasteiger charge is 1.82. The summed E-state index contributed by atoms with van der Waals surface area (Å²) in [6.07, 6.45) is 2.99. The standard InChI is InChI=1S/C5H9N5/c1-10(2)4-9-5(7)8-3-6/h4H,1-2H3,(H2,7,8)/b9-4+. The van der Waals surface area contributed by atoms with E-state index in [9.17, 15) is 0 Å². The summed E-state index contributed by atoms with van der Waals surface area (Å²) in [5, 5.41) is 8.00. The Hall–Kier alpha value is -1.57. The lowest BCUT2D eigenvalue weighted by Gasteiger charge is -2.00. The molecule has 0 aromatic heterocycles. The molecule has 0 amide bonds. The van der Waals surface area contributed by atoms with Gasteiger partial charge in [-0.15, -0.1) is 4.99 Å². The SMILES string of the molecule is CN(C)/C=N/C(N)=NC#N. The predicted octanol–water partition coefficient (Wildman–Crippen LogP) is -0.628. The smallest absolute Gasteiger partial charge is 0.232 e. The highest BCUT2D eigenvalue weighted by atomic mass is 15.1. The average molecular weight is 139 g/mol. The van der Waals surface area contributed by atoms with Crippen LogP contribution in [0.15, 0.2) is 9.98 Å². The molecule has 0 unspecified atom stereocenters. The Bertz CT molecular complexity index is 185. The van der Waals surface area contributed by atoms with Gasteiger partial charge in [-0.05, 0) is 0 Å². The van der Waals surface area contributed by atoms with E-state index in [1.807, 2.05) is 0 Å². The van der Waals surface area contributed by atoms with E-state index in [0.29, 0.717) is 0 Å². The van der Waals surface area contributed by atoms with Gasteiger partial charge in [-0.25, -0.2) is 4.99 Å². The molecule has 5 nitrogen and oxygen atoms in total. The summed E-state index contributed by atoms with van der Waals surface area (Å²) in [6.45, 7) is 0. The van der Waals surface area contributed by atoms with E-state index in [0.717, 1.165) is 0 Å². The van der Waals surface area contributed by atoms with Gasteiger partial charge in [0, 0.05) is 14.1 Å². The van der Waals surface area contributed by atoms with Crippen molar-refractivity contribution in [2.45, 2.75) is 0 Å². The van der Waals surface area contributed by atoms with Crippen LogP contribution in [0.5, 0.6) is 0 Å². The zero-order valence-electron chi connectivity index (χ0n) is 5.94. The first-order chi connectivity index (χ1) is 4.66. The zero-order chi connectivity index (χ0) is 7.98. The number of aliphatic imine (C=N–C) groups is 2. The van der Waals surface area contributed by atoms with E-state index in [1.165, 1.54) is 12.5 Å². The molecule has 0 aliphatic carbocycles. The Morgan fingerprint density at radius 3 is 2.70 bits per heavy atom. The molecule has 2 N–H and O–H groups in total. The van der Waals surface area contributed by atoms with Crippen LogP contribution in [-0.2, 0) is 0 Å². The summed E-state index contributed by atoms with van der Waals surface area (Å²) < 4.78 is 0. The Labute approximate surface area is 59.5 Å². The van der Waals surface area contributed by atoms with Crippen LogP contribution in [0.25, 0.3) is 0 Å². The summed E-state index contributed by atoms with van der Waals surface area (Å²) >= 11 is 0. The van der Waals surface area contributed by atoms with Crippen molar-refractivity contribution >= 4 is 12.3 Å². The summed E-state index contributed by atoms with van der Waals surface area (Å²) in [4.78, 5) is 8.49. The molecule has 10 heavy (non-hydrogen) atoms. The average Bonchev–Trinajstić information content (AvgIpc) is 1.85. The molecule has 0 radical (unpaired) electrons. The molecule has 0 fully saturated rings. The fraction of sp³-hybridized carbons (Fsp3) is 0.400. The molecule has 0 bridgehead atoms. The fourth-order valence-corrected chi connectivity index (χ4v) is 0.255. The van der Waals surface area contributed by atoms with E-state index < -0.39 is 0 Å². The van der Waals surface area contributed by atoms with E-state index in [-0.39, 0.29) is 5.96 Å². The van der Waals surface area contributed by atoms with Crippen LogP contribution in [0.1, 0.15) is 0 Å².